The summed E-state index contributed by atoms with van der Waals surface area (Å²) >= 11 is 0. The van der Waals surface area contributed by atoms with Crippen molar-refractivity contribution >= 4 is 0 Å². The Bertz CT molecular complexity index is 914. The van der Waals surface area contributed by atoms with Crippen LogP contribution in [-0.2, 0) is 13.2 Å². The van der Waals surface area contributed by atoms with Crippen LogP contribution in [0.4, 0.5) is 4.39 Å². The molecule has 30 heavy (non-hydrogen) atoms. The molecule has 0 spiro atoms. The smallest absolute Gasteiger partial charge is 0.166 e. The molecule has 4 heteroatoms. The van der Waals surface area contributed by atoms with Gasteiger partial charge < -0.3 is 14.8 Å². The topological polar surface area (TPSA) is 30.5 Å². The van der Waals surface area contributed by atoms with Gasteiger partial charge in [-0.05, 0) is 31.0 Å². The van der Waals surface area contributed by atoms with Crippen LogP contribution >= 0.6 is 0 Å². The van der Waals surface area contributed by atoms with Crippen LogP contribution in [0.3, 0.4) is 0 Å². The van der Waals surface area contributed by atoms with Crippen molar-refractivity contribution in [3.05, 3.63) is 95.3 Å². The highest BCUT2D eigenvalue weighted by Gasteiger charge is 2.15. The van der Waals surface area contributed by atoms with E-state index in [4.69, 9.17) is 9.47 Å². The molecule has 1 N–H and O–H groups in total. The second kappa shape index (κ2) is 11.4. The van der Waals surface area contributed by atoms with E-state index in [9.17, 15) is 4.39 Å². The largest absolute Gasteiger partial charge is 0.490 e. The van der Waals surface area contributed by atoms with E-state index < -0.39 is 0 Å². The summed E-state index contributed by atoms with van der Waals surface area (Å²) in [5, 5.41) is 3.66. The molecule has 0 aliphatic rings. The Morgan fingerprint density at radius 1 is 0.833 bits per heavy atom. The van der Waals surface area contributed by atoms with Crippen LogP contribution in [0.1, 0.15) is 49.4 Å². The van der Waals surface area contributed by atoms with Crippen LogP contribution in [0, 0.1) is 5.82 Å². The molecule has 0 bridgehead atoms. The second-order valence-electron chi connectivity index (χ2n) is 7.19. The zero-order valence-corrected chi connectivity index (χ0v) is 17.7. The maximum atomic E-state index is 14.0. The van der Waals surface area contributed by atoms with Gasteiger partial charge in [0.15, 0.2) is 11.5 Å². The van der Waals surface area contributed by atoms with Crippen molar-refractivity contribution in [2.24, 2.45) is 0 Å². The van der Waals surface area contributed by atoms with Gasteiger partial charge in [-0.15, -0.1) is 0 Å². The molecule has 0 heterocycles. The predicted octanol–water partition coefficient (Wildman–Crippen LogP) is 6.43. The summed E-state index contributed by atoms with van der Waals surface area (Å²) in [4.78, 5) is 0. The van der Waals surface area contributed by atoms with Crippen LogP contribution < -0.4 is 14.8 Å². The van der Waals surface area contributed by atoms with E-state index in [1.54, 1.807) is 12.1 Å². The van der Waals surface area contributed by atoms with Gasteiger partial charge in [-0.1, -0.05) is 74.0 Å². The summed E-state index contributed by atoms with van der Waals surface area (Å²) in [6.45, 7) is 5.46. The number of hydrogen-bond donors (Lipinski definition) is 1. The summed E-state index contributed by atoms with van der Waals surface area (Å²) < 4.78 is 25.9. The zero-order valence-electron chi connectivity index (χ0n) is 17.7. The lowest BCUT2D eigenvalue weighted by Gasteiger charge is -2.21. The molecule has 1 atom stereocenters. The fraction of sp³-hybridized carbons (Fsp3) is 0.308. The third-order valence-electron chi connectivity index (χ3n) is 5.01. The van der Waals surface area contributed by atoms with Crippen molar-refractivity contribution in [2.45, 2.75) is 45.9 Å². The first-order valence-electron chi connectivity index (χ1n) is 10.6. The fourth-order valence-electron chi connectivity index (χ4n) is 3.49. The minimum absolute atomic E-state index is 0.154. The predicted molar refractivity (Wildman–Crippen MR) is 119 cm³/mol. The molecule has 3 aromatic carbocycles. The molecule has 3 rings (SSSR count). The molecule has 0 radical (unpaired) electrons. The normalized spacial score (nSPS) is 11.8. The highest BCUT2D eigenvalue weighted by molar-refractivity contribution is 5.47. The maximum Gasteiger partial charge on any atom is 0.166 e. The van der Waals surface area contributed by atoms with Gasteiger partial charge in [-0.2, -0.15) is 0 Å². The number of ether oxygens (including phenoxy) is 2. The van der Waals surface area contributed by atoms with Gasteiger partial charge in [-0.25, -0.2) is 4.39 Å². The molecular weight excluding hydrogens is 377 g/mol. The van der Waals surface area contributed by atoms with Gasteiger partial charge in [0, 0.05) is 23.7 Å². The number of rotatable bonds is 11. The van der Waals surface area contributed by atoms with Crippen LogP contribution in [0.25, 0.3) is 0 Å². The van der Waals surface area contributed by atoms with Crippen molar-refractivity contribution < 1.29 is 13.9 Å². The molecule has 158 valence electrons. The monoisotopic (exact) mass is 407 g/mol. The van der Waals surface area contributed by atoms with Gasteiger partial charge >= 0.3 is 0 Å². The Balaban J connectivity index is 1.79. The Hall–Kier alpha value is -2.85. The Labute approximate surface area is 178 Å². The summed E-state index contributed by atoms with van der Waals surface area (Å²) in [6.07, 6.45) is 2.13. The Morgan fingerprint density at radius 2 is 1.57 bits per heavy atom. The second-order valence-corrected chi connectivity index (χ2v) is 7.19. The van der Waals surface area contributed by atoms with Crippen molar-refractivity contribution in [2.75, 3.05) is 6.61 Å². The molecule has 0 saturated heterocycles. The molecule has 0 aliphatic carbocycles. The molecule has 0 saturated carbocycles. The average molecular weight is 408 g/mol. The molecule has 0 amide bonds. The van der Waals surface area contributed by atoms with E-state index >= 15 is 0 Å². The summed E-state index contributed by atoms with van der Waals surface area (Å²) in [5.41, 5.74) is 2.79. The van der Waals surface area contributed by atoms with Crippen LogP contribution in [0.5, 0.6) is 11.5 Å². The lowest BCUT2D eigenvalue weighted by Crippen LogP contribution is -2.21. The lowest BCUT2D eigenvalue weighted by molar-refractivity contribution is 0.262. The van der Waals surface area contributed by atoms with E-state index in [0.29, 0.717) is 30.2 Å². The third-order valence-corrected chi connectivity index (χ3v) is 5.01. The number of nitrogens with one attached hydrogen (secondary N) is 1. The highest BCUT2D eigenvalue weighted by Crippen LogP contribution is 2.33. The molecule has 3 aromatic rings. The molecule has 0 aliphatic heterocycles. The molecule has 3 nitrogen and oxygen atoms in total. The van der Waals surface area contributed by atoms with Crippen LogP contribution in [-0.4, -0.2) is 6.61 Å². The van der Waals surface area contributed by atoms with E-state index in [0.717, 1.165) is 18.4 Å². The number of para-hydroxylation sites is 1. The fourth-order valence-corrected chi connectivity index (χ4v) is 3.49. The van der Waals surface area contributed by atoms with Crippen molar-refractivity contribution in [3.63, 3.8) is 0 Å². The van der Waals surface area contributed by atoms with Gasteiger partial charge in [0.2, 0.25) is 0 Å². The standard InChI is InChI=1S/C26H30FNO2/c1-3-11-24(20-12-6-5-7-13-20)28-18-21-15-10-17-25(29-4-2)26(21)30-19-22-14-8-9-16-23(22)27/h5-10,12-17,24,28H,3-4,11,18-19H2,1-2H3. The van der Waals surface area contributed by atoms with Crippen molar-refractivity contribution in [1.82, 2.24) is 5.32 Å². The Kier molecular flexibility index (Phi) is 8.28. The van der Waals surface area contributed by atoms with E-state index in [2.05, 4.69) is 36.5 Å². The van der Waals surface area contributed by atoms with Crippen molar-refractivity contribution in [3.8, 4) is 11.5 Å². The summed E-state index contributed by atoms with van der Waals surface area (Å²) in [6, 6.07) is 23.3. The SMILES string of the molecule is CCCC(NCc1cccc(OCC)c1OCc1ccccc1F)c1ccccc1. The highest BCUT2D eigenvalue weighted by atomic mass is 19.1. The van der Waals surface area contributed by atoms with Gasteiger partial charge in [0.05, 0.1) is 6.61 Å². The quantitative estimate of drug-likeness (QED) is 0.397. The zero-order chi connectivity index (χ0) is 21.2. The molecular formula is C26H30FNO2. The lowest BCUT2D eigenvalue weighted by atomic mass is 10.0. The van der Waals surface area contributed by atoms with Gasteiger partial charge in [-0.3, -0.25) is 0 Å². The van der Waals surface area contributed by atoms with Crippen molar-refractivity contribution in [1.29, 1.82) is 0 Å². The van der Waals surface area contributed by atoms with Crippen LogP contribution in [0.15, 0.2) is 72.8 Å². The first-order chi connectivity index (χ1) is 14.7. The molecule has 0 fully saturated rings. The number of hydrogen-bond acceptors (Lipinski definition) is 3. The summed E-state index contributed by atoms with van der Waals surface area (Å²) in [5.74, 6) is 1.08. The molecule has 0 aromatic heterocycles. The Morgan fingerprint density at radius 3 is 2.30 bits per heavy atom. The third kappa shape index (κ3) is 5.83. The number of benzene rings is 3. The first-order valence-corrected chi connectivity index (χ1v) is 10.6. The summed E-state index contributed by atoms with van der Waals surface area (Å²) in [7, 11) is 0. The minimum atomic E-state index is -0.266. The van der Waals surface area contributed by atoms with E-state index in [-0.39, 0.29) is 18.5 Å². The molecule has 1 unspecified atom stereocenters. The maximum absolute atomic E-state index is 14.0. The average Bonchev–Trinajstić information content (AvgIpc) is 2.78. The first kappa shape index (κ1) is 21.8. The number of halogens is 1. The van der Waals surface area contributed by atoms with E-state index in [1.165, 1.54) is 11.6 Å². The van der Waals surface area contributed by atoms with Gasteiger partial charge in [0.25, 0.3) is 0 Å². The van der Waals surface area contributed by atoms with Crippen LogP contribution in [0.2, 0.25) is 0 Å². The minimum Gasteiger partial charge on any atom is -0.490 e. The van der Waals surface area contributed by atoms with Gasteiger partial charge in [0.1, 0.15) is 12.4 Å². The van der Waals surface area contributed by atoms with E-state index in [1.807, 2.05) is 37.3 Å².